The summed E-state index contributed by atoms with van der Waals surface area (Å²) in [5.41, 5.74) is 5.87. The van der Waals surface area contributed by atoms with Crippen molar-refractivity contribution in [1.29, 1.82) is 0 Å². The van der Waals surface area contributed by atoms with Crippen LogP contribution in [0.4, 0.5) is 0 Å². The van der Waals surface area contributed by atoms with Gasteiger partial charge in [0.05, 0.1) is 11.7 Å². The first-order valence-corrected chi connectivity index (χ1v) is 5.65. The van der Waals surface area contributed by atoms with Crippen LogP contribution in [-0.2, 0) is 4.74 Å². The van der Waals surface area contributed by atoms with Gasteiger partial charge in [-0.2, -0.15) is 0 Å². The Morgan fingerprint density at radius 2 is 2.15 bits per heavy atom. The molecule has 2 nitrogen and oxygen atoms in total. The summed E-state index contributed by atoms with van der Waals surface area (Å²) in [7, 11) is 0. The van der Waals surface area contributed by atoms with Gasteiger partial charge in [-0.3, -0.25) is 0 Å². The topological polar surface area (TPSA) is 35.2 Å². The van der Waals surface area contributed by atoms with Crippen LogP contribution in [0, 0.1) is 5.92 Å². The van der Waals surface area contributed by atoms with Crippen molar-refractivity contribution in [2.75, 3.05) is 6.54 Å². The lowest BCUT2D eigenvalue weighted by atomic mass is 9.75. The van der Waals surface area contributed by atoms with Gasteiger partial charge in [0.2, 0.25) is 0 Å². The van der Waals surface area contributed by atoms with E-state index in [1.807, 2.05) is 0 Å². The molecule has 0 amide bonds. The molecule has 1 aliphatic heterocycles. The maximum atomic E-state index is 6.13. The zero-order chi connectivity index (χ0) is 9.31. The average molecular weight is 183 g/mol. The Bertz CT molecular complexity index is 183. The molecule has 1 heterocycles. The molecule has 76 valence electrons. The molecule has 0 aromatic heterocycles. The van der Waals surface area contributed by atoms with Gasteiger partial charge in [-0.1, -0.05) is 19.8 Å². The van der Waals surface area contributed by atoms with Crippen LogP contribution in [0.5, 0.6) is 0 Å². The molecule has 2 fully saturated rings. The van der Waals surface area contributed by atoms with E-state index >= 15 is 0 Å². The van der Waals surface area contributed by atoms with E-state index in [-0.39, 0.29) is 5.60 Å². The third-order valence-electron chi connectivity index (χ3n) is 3.94. The summed E-state index contributed by atoms with van der Waals surface area (Å²) in [6.45, 7) is 3.05. The van der Waals surface area contributed by atoms with Crippen molar-refractivity contribution in [1.82, 2.24) is 0 Å². The van der Waals surface area contributed by atoms with Crippen molar-refractivity contribution < 1.29 is 4.74 Å². The largest absolute Gasteiger partial charge is 0.370 e. The summed E-state index contributed by atoms with van der Waals surface area (Å²) in [6, 6.07) is 0. The first-order chi connectivity index (χ1) is 6.27. The Balaban J connectivity index is 2.03. The van der Waals surface area contributed by atoms with E-state index < -0.39 is 0 Å². The molecule has 2 rings (SSSR count). The summed E-state index contributed by atoms with van der Waals surface area (Å²) < 4.78 is 6.13. The van der Waals surface area contributed by atoms with Gasteiger partial charge in [-0.05, 0) is 31.6 Å². The molecule has 3 atom stereocenters. The molecule has 0 radical (unpaired) electrons. The fourth-order valence-corrected chi connectivity index (χ4v) is 2.95. The van der Waals surface area contributed by atoms with Crippen LogP contribution >= 0.6 is 0 Å². The van der Waals surface area contributed by atoms with Crippen LogP contribution in [0.1, 0.15) is 45.4 Å². The molecule has 1 spiro atoms. The molecule has 1 saturated carbocycles. The van der Waals surface area contributed by atoms with Gasteiger partial charge < -0.3 is 10.5 Å². The highest BCUT2D eigenvalue weighted by Crippen LogP contribution is 2.45. The monoisotopic (exact) mass is 183 g/mol. The summed E-state index contributed by atoms with van der Waals surface area (Å²) in [5, 5.41) is 0. The number of hydrogen-bond donors (Lipinski definition) is 1. The van der Waals surface area contributed by atoms with Crippen molar-refractivity contribution in [3.8, 4) is 0 Å². The molecule has 2 N–H and O–H groups in total. The normalized spacial score (nSPS) is 45.7. The second kappa shape index (κ2) is 3.58. The third-order valence-corrected chi connectivity index (χ3v) is 3.94. The van der Waals surface area contributed by atoms with Crippen LogP contribution < -0.4 is 5.73 Å². The van der Waals surface area contributed by atoms with Gasteiger partial charge in [-0.15, -0.1) is 0 Å². The number of nitrogens with two attached hydrogens (primary N) is 1. The van der Waals surface area contributed by atoms with E-state index in [9.17, 15) is 0 Å². The van der Waals surface area contributed by atoms with Crippen molar-refractivity contribution in [2.45, 2.75) is 57.2 Å². The highest BCUT2D eigenvalue weighted by Gasteiger charge is 2.44. The van der Waals surface area contributed by atoms with Crippen molar-refractivity contribution in [2.24, 2.45) is 11.7 Å². The molecule has 0 unspecified atom stereocenters. The molecule has 2 heteroatoms. The molecular formula is C11H21NO. The summed E-state index contributed by atoms with van der Waals surface area (Å²) >= 11 is 0. The molecule has 2 aliphatic rings. The van der Waals surface area contributed by atoms with Crippen LogP contribution in [0.15, 0.2) is 0 Å². The second-order valence-corrected chi connectivity index (χ2v) is 4.73. The smallest absolute Gasteiger partial charge is 0.0713 e. The number of rotatable bonds is 1. The standard InChI is InChI=1S/C11H21NO/c1-9-4-2-3-6-11(9)7-5-10(8-12)13-11/h9-10H,2-8,12H2,1H3/t9-,10-,11-/m1/s1. The lowest BCUT2D eigenvalue weighted by Gasteiger charge is -2.39. The predicted molar refractivity (Wildman–Crippen MR) is 53.5 cm³/mol. The van der Waals surface area contributed by atoms with Crippen LogP contribution in [-0.4, -0.2) is 18.2 Å². The first-order valence-electron chi connectivity index (χ1n) is 5.65. The molecular weight excluding hydrogens is 162 g/mol. The second-order valence-electron chi connectivity index (χ2n) is 4.73. The van der Waals surface area contributed by atoms with Crippen molar-refractivity contribution in [3.63, 3.8) is 0 Å². The Morgan fingerprint density at radius 1 is 1.31 bits per heavy atom. The molecule has 1 aliphatic carbocycles. The van der Waals surface area contributed by atoms with Crippen LogP contribution in [0.2, 0.25) is 0 Å². The molecule has 0 aromatic rings. The Morgan fingerprint density at radius 3 is 2.77 bits per heavy atom. The van der Waals surface area contributed by atoms with E-state index in [2.05, 4.69) is 6.92 Å². The maximum absolute atomic E-state index is 6.13. The number of ether oxygens (including phenoxy) is 1. The lowest BCUT2D eigenvalue weighted by molar-refractivity contribution is -0.0922. The van der Waals surface area contributed by atoms with E-state index in [0.717, 1.165) is 5.92 Å². The Labute approximate surface area is 80.8 Å². The summed E-state index contributed by atoms with van der Waals surface area (Å²) in [4.78, 5) is 0. The van der Waals surface area contributed by atoms with Gasteiger partial charge in [-0.25, -0.2) is 0 Å². The highest BCUT2D eigenvalue weighted by atomic mass is 16.5. The van der Waals surface area contributed by atoms with Crippen LogP contribution in [0.3, 0.4) is 0 Å². The van der Waals surface area contributed by atoms with Gasteiger partial charge >= 0.3 is 0 Å². The molecule has 1 saturated heterocycles. The minimum Gasteiger partial charge on any atom is -0.370 e. The van der Waals surface area contributed by atoms with E-state index in [4.69, 9.17) is 10.5 Å². The zero-order valence-electron chi connectivity index (χ0n) is 8.59. The van der Waals surface area contributed by atoms with Gasteiger partial charge in [0, 0.05) is 6.54 Å². The fraction of sp³-hybridized carbons (Fsp3) is 1.00. The quantitative estimate of drug-likeness (QED) is 0.675. The van der Waals surface area contributed by atoms with Gasteiger partial charge in [0.25, 0.3) is 0 Å². The zero-order valence-corrected chi connectivity index (χ0v) is 8.59. The fourth-order valence-electron chi connectivity index (χ4n) is 2.95. The van der Waals surface area contributed by atoms with Crippen LogP contribution in [0.25, 0.3) is 0 Å². The predicted octanol–water partition coefficient (Wildman–Crippen LogP) is 2.07. The molecule has 0 bridgehead atoms. The van der Waals surface area contributed by atoms with E-state index in [0.29, 0.717) is 12.6 Å². The van der Waals surface area contributed by atoms with Crippen molar-refractivity contribution >= 4 is 0 Å². The average Bonchev–Trinajstić information content (AvgIpc) is 2.56. The summed E-state index contributed by atoms with van der Waals surface area (Å²) in [5.74, 6) is 0.748. The Hall–Kier alpha value is -0.0800. The SMILES string of the molecule is C[C@@H]1CCCC[C@@]12CC[C@H](CN)O2. The lowest BCUT2D eigenvalue weighted by Crippen LogP contribution is -2.40. The Kier molecular flexibility index (Phi) is 2.61. The van der Waals surface area contributed by atoms with Crippen molar-refractivity contribution in [3.05, 3.63) is 0 Å². The van der Waals surface area contributed by atoms with Gasteiger partial charge in [0.1, 0.15) is 0 Å². The third kappa shape index (κ3) is 1.62. The minimum absolute atomic E-state index is 0.224. The first kappa shape index (κ1) is 9.47. The highest BCUT2D eigenvalue weighted by molar-refractivity contribution is 4.95. The number of hydrogen-bond acceptors (Lipinski definition) is 2. The minimum atomic E-state index is 0.224. The molecule has 13 heavy (non-hydrogen) atoms. The van der Waals surface area contributed by atoms with E-state index in [1.165, 1.54) is 38.5 Å². The maximum Gasteiger partial charge on any atom is 0.0713 e. The van der Waals surface area contributed by atoms with Gasteiger partial charge in [0.15, 0.2) is 0 Å². The molecule has 0 aromatic carbocycles. The van der Waals surface area contributed by atoms with E-state index in [1.54, 1.807) is 0 Å². The summed E-state index contributed by atoms with van der Waals surface area (Å²) in [6.07, 6.45) is 8.13.